The molecule has 0 bridgehead atoms. The van der Waals surface area contributed by atoms with Gasteiger partial charge < -0.3 is 11.1 Å². The average molecular weight is 271 g/mol. The van der Waals surface area contributed by atoms with E-state index in [-0.39, 0.29) is 29.0 Å². The van der Waals surface area contributed by atoms with Crippen LogP contribution in [-0.2, 0) is 14.8 Å². The first kappa shape index (κ1) is 14.6. The molecule has 5 N–H and O–H groups in total. The smallest absolute Gasteiger partial charge is 0.240 e. The molecular formula is C11H17N3O3S. The molecule has 0 saturated carbocycles. The third-order valence-electron chi connectivity index (χ3n) is 2.29. The molecule has 1 rings (SSSR count). The number of carbonyl (C=O) groups excluding carboxylic acids is 1. The van der Waals surface area contributed by atoms with Crippen LogP contribution in [0.1, 0.15) is 19.8 Å². The van der Waals surface area contributed by atoms with Crippen molar-refractivity contribution in [1.29, 1.82) is 0 Å². The maximum atomic E-state index is 11.6. The van der Waals surface area contributed by atoms with Gasteiger partial charge in [-0.2, -0.15) is 0 Å². The zero-order valence-corrected chi connectivity index (χ0v) is 10.9. The van der Waals surface area contributed by atoms with Crippen LogP contribution >= 0.6 is 0 Å². The lowest BCUT2D eigenvalue weighted by Gasteiger charge is -2.10. The van der Waals surface area contributed by atoms with Crippen LogP contribution in [0.4, 0.5) is 5.69 Å². The van der Waals surface area contributed by atoms with Crippen LogP contribution in [0.2, 0.25) is 0 Å². The van der Waals surface area contributed by atoms with Gasteiger partial charge >= 0.3 is 0 Å². The molecule has 7 heteroatoms. The van der Waals surface area contributed by atoms with Crippen molar-refractivity contribution in [2.45, 2.75) is 30.7 Å². The minimum absolute atomic E-state index is 0.0794. The molecule has 0 aliphatic rings. The number of sulfonamides is 1. The summed E-state index contributed by atoms with van der Waals surface area (Å²) in [5.41, 5.74) is 5.73. The fourth-order valence-corrected chi connectivity index (χ4v) is 2.08. The topological polar surface area (TPSA) is 115 Å². The van der Waals surface area contributed by atoms with Crippen molar-refractivity contribution in [1.82, 2.24) is 0 Å². The molecule has 0 saturated heterocycles. The largest absolute Gasteiger partial charge is 0.328 e. The second-order valence-electron chi connectivity index (χ2n) is 4.11. The Morgan fingerprint density at radius 2 is 2.00 bits per heavy atom. The Kier molecular flexibility index (Phi) is 4.83. The van der Waals surface area contributed by atoms with Gasteiger partial charge in [0.15, 0.2) is 0 Å². The fourth-order valence-electron chi connectivity index (χ4n) is 1.39. The Morgan fingerprint density at radius 1 is 1.39 bits per heavy atom. The molecule has 6 nitrogen and oxygen atoms in total. The van der Waals surface area contributed by atoms with Crippen molar-refractivity contribution in [3.8, 4) is 0 Å². The average Bonchev–Trinajstić information content (AvgIpc) is 2.25. The summed E-state index contributed by atoms with van der Waals surface area (Å²) in [4.78, 5) is 11.5. The molecule has 1 amide bonds. The van der Waals surface area contributed by atoms with Crippen molar-refractivity contribution >= 4 is 21.6 Å². The van der Waals surface area contributed by atoms with Crippen LogP contribution in [0.3, 0.4) is 0 Å². The number of hydrogen-bond acceptors (Lipinski definition) is 4. The van der Waals surface area contributed by atoms with Crippen molar-refractivity contribution < 1.29 is 13.2 Å². The second-order valence-corrected chi connectivity index (χ2v) is 5.64. The molecular weight excluding hydrogens is 254 g/mol. The third kappa shape index (κ3) is 4.44. The zero-order valence-electron chi connectivity index (χ0n) is 10.1. The van der Waals surface area contributed by atoms with Gasteiger partial charge in [-0.15, -0.1) is 0 Å². The number of benzene rings is 1. The van der Waals surface area contributed by atoms with Crippen LogP contribution < -0.4 is 16.2 Å². The second kappa shape index (κ2) is 5.94. The number of nitrogens with one attached hydrogen (secondary N) is 1. The van der Waals surface area contributed by atoms with Gasteiger partial charge in [0.05, 0.1) is 5.69 Å². The monoisotopic (exact) mass is 271 g/mol. The molecule has 0 aromatic heterocycles. The summed E-state index contributed by atoms with van der Waals surface area (Å²) in [5.74, 6) is -0.289. The number of hydrogen-bond donors (Lipinski definition) is 3. The Bertz CT molecular complexity index is 526. The lowest BCUT2D eigenvalue weighted by atomic mass is 10.2. The molecule has 0 fully saturated rings. The van der Waals surface area contributed by atoms with Crippen LogP contribution in [-0.4, -0.2) is 20.4 Å². The van der Waals surface area contributed by atoms with Crippen molar-refractivity contribution in [3.63, 3.8) is 0 Å². The van der Waals surface area contributed by atoms with Gasteiger partial charge in [0.25, 0.3) is 0 Å². The van der Waals surface area contributed by atoms with E-state index in [9.17, 15) is 13.2 Å². The number of amides is 1. The van der Waals surface area contributed by atoms with Gasteiger partial charge in [0.2, 0.25) is 15.9 Å². The number of rotatable bonds is 5. The third-order valence-corrected chi connectivity index (χ3v) is 3.26. The molecule has 1 aromatic rings. The van der Waals surface area contributed by atoms with Gasteiger partial charge in [-0.05, 0) is 25.5 Å². The molecule has 0 aliphatic carbocycles. The number of nitrogens with two attached hydrogens (primary N) is 2. The minimum atomic E-state index is -3.85. The van der Waals surface area contributed by atoms with Gasteiger partial charge in [0, 0.05) is 12.5 Å². The minimum Gasteiger partial charge on any atom is -0.328 e. The standard InChI is InChI=1S/C11H17N3O3S/c1-8(12)6-7-11(15)14-9-4-2-3-5-10(9)18(13,16)17/h2-5,8H,6-7,12H2,1H3,(H,14,15)(H2,13,16,17). The van der Waals surface area contributed by atoms with E-state index in [1.807, 2.05) is 0 Å². The molecule has 1 aromatic carbocycles. The molecule has 1 atom stereocenters. The van der Waals surface area contributed by atoms with Crippen molar-refractivity contribution in [2.75, 3.05) is 5.32 Å². The summed E-state index contributed by atoms with van der Waals surface area (Å²) in [7, 11) is -3.85. The van der Waals surface area contributed by atoms with E-state index < -0.39 is 10.0 Å². The van der Waals surface area contributed by atoms with E-state index in [4.69, 9.17) is 10.9 Å². The fraction of sp³-hybridized carbons (Fsp3) is 0.364. The lowest BCUT2D eigenvalue weighted by molar-refractivity contribution is -0.116. The van der Waals surface area contributed by atoms with E-state index in [1.54, 1.807) is 13.0 Å². The highest BCUT2D eigenvalue weighted by Crippen LogP contribution is 2.19. The normalized spacial score (nSPS) is 13.1. The summed E-state index contributed by atoms with van der Waals surface area (Å²) in [6.45, 7) is 1.80. The first-order valence-electron chi connectivity index (χ1n) is 5.48. The Hall–Kier alpha value is -1.44. The molecule has 0 radical (unpaired) electrons. The van der Waals surface area contributed by atoms with Gasteiger partial charge in [-0.1, -0.05) is 12.1 Å². The highest BCUT2D eigenvalue weighted by atomic mass is 32.2. The molecule has 1 unspecified atom stereocenters. The van der Waals surface area contributed by atoms with Gasteiger partial charge in [0.1, 0.15) is 4.90 Å². The Labute approximate surface area is 106 Å². The maximum Gasteiger partial charge on any atom is 0.240 e. The summed E-state index contributed by atoms with van der Waals surface area (Å²) >= 11 is 0. The first-order chi connectivity index (χ1) is 8.30. The highest BCUT2D eigenvalue weighted by molar-refractivity contribution is 7.89. The van der Waals surface area contributed by atoms with E-state index in [1.165, 1.54) is 18.2 Å². The van der Waals surface area contributed by atoms with Crippen molar-refractivity contribution in [3.05, 3.63) is 24.3 Å². The molecule has 0 aliphatic heterocycles. The van der Waals surface area contributed by atoms with Crippen LogP contribution in [0.15, 0.2) is 29.2 Å². The van der Waals surface area contributed by atoms with E-state index in [0.717, 1.165) is 0 Å². The summed E-state index contributed by atoms with van der Waals surface area (Å²) in [5, 5.41) is 7.58. The van der Waals surface area contributed by atoms with Gasteiger partial charge in [-0.25, -0.2) is 13.6 Å². The number of primary sulfonamides is 1. The summed E-state index contributed by atoms with van der Waals surface area (Å²) < 4.78 is 22.6. The summed E-state index contributed by atoms with van der Waals surface area (Å²) in [6, 6.07) is 5.91. The lowest BCUT2D eigenvalue weighted by Crippen LogP contribution is -2.21. The Morgan fingerprint density at radius 3 is 2.56 bits per heavy atom. The SMILES string of the molecule is CC(N)CCC(=O)Nc1ccccc1S(N)(=O)=O. The Balaban J connectivity index is 2.82. The number of carbonyl (C=O) groups is 1. The molecule has 18 heavy (non-hydrogen) atoms. The van der Waals surface area contributed by atoms with Crippen LogP contribution in [0.5, 0.6) is 0 Å². The van der Waals surface area contributed by atoms with Crippen LogP contribution in [0, 0.1) is 0 Å². The van der Waals surface area contributed by atoms with E-state index in [2.05, 4.69) is 5.32 Å². The van der Waals surface area contributed by atoms with E-state index >= 15 is 0 Å². The zero-order chi connectivity index (χ0) is 13.8. The number of para-hydroxylation sites is 1. The van der Waals surface area contributed by atoms with Gasteiger partial charge in [-0.3, -0.25) is 4.79 Å². The highest BCUT2D eigenvalue weighted by Gasteiger charge is 2.14. The van der Waals surface area contributed by atoms with E-state index in [0.29, 0.717) is 6.42 Å². The summed E-state index contributed by atoms with van der Waals surface area (Å²) in [6.07, 6.45) is 0.764. The predicted molar refractivity (Wildman–Crippen MR) is 69.3 cm³/mol. The van der Waals surface area contributed by atoms with Crippen molar-refractivity contribution in [2.24, 2.45) is 10.9 Å². The molecule has 0 spiro atoms. The predicted octanol–water partition coefficient (Wildman–Crippen LogP) is 0.400. The maximum absolute atomic E-state index is 11.6. The molecule has 0 heterocycles. The number of anilines is 1. The first-order valence-corrected chi connectivity index (χ1v) is 7.02. The molecule has 100 valence electrons. The van der Waals surface area contributed by atoms with Crippen LogP contribution in [0.25, 0.3) is 0 Å². The quantitative estimate of drug-likeness (QED) is 0.718.